The third kappa shape index (κ3) is 2.60. The van der Waals surface area contributed by atoms with Crippen LogP contribution in [0.15, 0.2) is 52.9 Å². The van der Waals surface area contributed by atoms with Gasteiger partial charge in [0.1, 0.15) is 5.76 Å². The van der Waals surface area contributed by atoms with E-state index in [1.54, 1.807) is 7.11 Å². The maximum Gasteiger partial charge on any atom is 0.176 e. The van der Waals surface area contributed by atoms with Crippen LogP contribution in [0.1, 0.15) is 5.76 Å². The van der Waals surface area contributed by atoms with E-state index in [2.05, 4.69) is 40.0 Å². The molecule has 0 aliphatic carbocycles. The zero-order chi connectivity index (χ0) is 13.9. The molecular formula is C16H14INO2. The zero-order valence-electron chi connectivity index (χ0n) is 11.0. The van der Waals surface area contributed by atoms with E-state index in [-0.39, 0.29) is 0 Å². The van der Waals surface area contributed by atoms with Gasteiger partial charge in [0.05, 0.1) is 13.7 Å². The topological polar surface area (TPSA) is 34.4 Å². The lowest BCUT2D eigenvalue weighted by molar-refractivity contribution is 0.408. The van der Waals surface area contributed by atoms with Gasteiger partial charge in [0.2, 0.25) is 0 Å². The molecule has 0 amide bonds. The Morgan fingerprint density at radius 3 is 2.80 bits per heavy atom. The van der Waals surface area contributed by atoms with Gasteiger partial charge in [0, 0.05) is 14.6 Å². The van der Waals surface area contributed by atoms with Crippen LogP contribution >= 0.6 is 22.6 Å². The molecule has 0 saturated heterocycles. The molecule has 1 aromatic heterocycles. The summed E-state index contributed by atoms with van der Waals surface area (Å²) in [6.45, 7) is 0.651. The maximum absolute atomic E-state index is 5.86. The molecule has 0 aliphatic heterocycles. The molecule has 0 radical (unpaired) electrons. The molecule has 0 spiro atoms. The highest BCUT2D eigenvalue weighted by atomic mass is 127. The third-order valence-electron chi connectivity index (χ3n) is 3.11. The summed E-state index contributed by atoms with van der Waals surface area (Å²) in [6.07, 6.45) is 0. The number of para-hydroxylation sites is 2. The molecule has 0 fully saturated rings. The highest BCUT2D eigenvalue weighted by Gasteiger charge is 2.08. The lowest BCUT2D eigenvalue weighted by atomic mass is 10.2. The highest BCUT2D eigenvalue weighted by Crippen LogP contribution is 2.29. The number of hydrogen-bond acceptors (Lipinski definition) is 3. The van der Waals surface area contributed by atoms with Crippen molar-refractivity contribution in [1.29, 1.82) is 0 Å². The highest BCUT2D eigenvalue weighted by molar-refractivity contribution is 14.1. The number of fused-ring (bicyclic) bond motifs is 1. The Bertz CT molecular complexity index is 736. The fourth-order valence-electron chi connectivity index (χ4n) is 2.12. The van der Waals surface area contributed by atoms with Gasteiger partial charge in [0.15, 0.2) is 11.3 Å². The Kier molecular flexibility index (Phi) is 3.82. The van der Waals surface area contributed by atoms with E-state index >= 15 is 0 Å². The number of hydrogen-bond donors (Lipinski definition) is 1. The fraction of sp³-hybridized carbons (Fsp3) is 0.125. The summed E-state index contributed by atoms with van der Waals surface area (Å²) in [6, 6.07) is 16.1. The molecule has 0 saturated carbocycles. The molecule has 20 heavy (non-hydrogen) atoms. The van der Waals surface area contributed by atoms with E-state index in [4.69, 9.17) is 9.15 Å². The second kappa shape index (κ2) is 5.75. The van der Waals surface area contributed by atoms with Gasteiger partial charge >= 0.3 is 0 Å². The normalized spacial score (nSPS) is 10.7. The van der Waals surface area contributed by atoms with Crippen molar-refractivity contribution in [1.82, 2.24) is 0 Å². The molecule has 0 bridgehead atoms. The number of ether oxygens (including phenoxy) is 1. The minimum atomic E-state index is 0.651. The van der Waals surface area contributed by atoms with Gasteiger partial charge in [-0.3, -0.25) is 0 Å². The molecular weight excluding hydrogens is 365 g/mol. The maximum atomic E-state index is 5.86. The van der Waals surface area contributed by atoms with Crippen LogP contribution in [0.2, 0.25) is 0 Å². The number of nitrogens with one attached hydrogen (secondary N) is 1. The summed E-state index contributed by atoms with van der Waals surface area (Å²) in [4.78, 5) is 0. The molecule has 3 nitrogen and oxygen atoms in total. The number of furan rings is 1. The summed E-state index contributed by atoms with van der Waals surface area (Å²) in [5.74, 6) is 1.66. The minimum absolute atomic E-state index is 0.651. The lowest BCUT2D eigenvalue weighted by Gasteiger charge is -2.06. The smallest absolute Gasteiger partial charge is 0.176 e. The molecule has 1 heterocycles. The minimum Gasteiger partial charge on any atom is -0.493 e. The van der Waals surface area contributed by atoms with Crippen LogP contribution in [0.25, 0.3) is 11.0 Å². The monoisotopic (exact) mass is 379 g/mol. The van der Waals surface area contributed by atoms with Gasteiger partial charge in [-0.25, -0.2) is 0 Å². The zero-order valence-corrected chi connectivity index (χ0v) is 13.2. The summed E-state index contributed by atoms with van der Waals surface area (Å²) in [5.41, 5.74) is 1.91. The molecule has 3 rings (SSSR count). The summed E-state index contributed by atoms with van der Waals surface area (Å²) in [5, 5.41) is 4.44. The van der Waals surface area contributed by atoms with E-state index in [9.17, 15) is 0 Å². The molecule has 2 aromatic carbocycles. The van der Waals surface area contributed by atoms with Crippen molar-refractivity contribution in [3.8, 4) is 5.75 Å². The first-order valence-corrected chi connectivity index (χ1v) is 7.39. The van der Waals surface area contributed by atoms with Crippen molar-refractivity contribution in [2.24, 2.45) is 0 Å². The largest absolute Gasteiger partial charge is 0.493 e. The van der Waals surface area contributed by atoms with Crippen LogP contribution in [-0.2, 0) is 6.54 Å². The summed E-state index contributed by atoms with van der Waals surface area (Å²) < 4.78 is 12.4. The van der Waals surface area contributed by atoms with Gasteiger partial charge in [-0.2, -0.15) is 0 Å². The number of anilines is 1. The first-order valence-electron chi connectivity index (χ1n) is 6.32. The van der Waals surface area contributed by atoms with Gasteiger partial charge < -0.3 is 14.5 Å². The average molecular weight is 379 g/mol. The lowest BCUT2D eigenvalue weighted by Crippen LogP contribution is -1.99. The van der Waals surface area contributed by atoms with Gasteiger partial charge in [-0.05, 0) is 46.9 Å². The van der Waals surface area contributed by atoms with Crippen molar-refractivity contribution < 1.29 is 9.15 Å². The van der Waals surface area contributed by atoms with Gasteiger partial charge in [0.25, 0.3) is 0 Å². The van der Waals surface area contributed by atoms with E-state index in [1.165, 1.54) is 3.57 Å². The summed E-state index contributed by atoms with van der Waals surface area (Å²) >= 11 is 2.32. The second-order valence-corrected chi connectivity index (χ2v) is 5.59. The van der Waals surface area contributed by atoms with Gasteiger partial charge in [-0.1, -0.05) is 24.3 Å². The van der Waals surface area contributed by atoms with Crippen LogP contribution in [0.4, 0.5) is 5.69 Å². The van der Waals surface area contributed by atoms with Crippen molar-refractivity contribution >= 4 is 39.2 Å². The molecule has 4 heteroatoms. The SMILES string of the molecule is COc1cccc2cc(CNc3ccccc3I)oc12. The van der Waals surface area contributed by atoms with E-state index in [0.717, 1.165) is 28.2 Å². The Morgan fingerprint density at radius 2 is 2.00 bits per heavy atom. The first-order chi connectivity index (χ1) is 9.78. The van der Waals surface area contributed by atoms with Crippen LogP contribution in [0.3, 0.4) is 0 Å². The third-order valence-corrected chi connectivity index (χ3v) is 4.05. The number of benzene rings is 2. The van der Waals surface area contributed by atoms with Crippen molar-refractivity contribution in [3.63, 3.8) is 0 Å². The standard InChI is InChI=1S/C16H14INO2/c1-19-15-8-4-5-11-9-12(20-16(11)15)10-18-14-7-3-2-6-13(14)17/h2-9,18H,10H2,1H3. The van der Waals surface area contributed by atoms with Gasteiger partial charge in [-0.15, -0.1) is 0 Å². The average Bonchev–Trinajstić information content (AvgIpc) is 2.89. The van der Waals surface area contributed by atoms with Crippen molar-refractivity contribution in [2.45, 2.75) is 6.54 Å². The molecule has 0 atom stereocenters. The number of halogens is 1. The summed E-state index contributed by atoms with van der Waals surface area (Å²) in [7, 11) is 1.65. The van der Waals surface area contributed by atoms with Crippen molar-refractivity contribution in [2.75, 3.05) is 12.4 Å². The van der Waals surface area contributed by atoms with Crippen molar-refractivity contribution in [3.05, 3.63) is 57.9 Å². The van der Waals surface area contributed by atoms with Crippen LogP contribution in [0.5, 0.6) is 5.75 Å². The predicted molar refractivity (Wildman–Crippen MR) is 89.3 cm³/mol. The van der Waals surface area contributed by atoms with Crippen LogP contribution in [-0.4, -0.2) is 7.11 Å². The Labute approximate surface area is 131 Å². The van der Waals surface area contributed by atoms with E-state index < -0.39 is 0 Å². The Balaban J connectivity index is 1.83. The van der Waals surface area contributed by atoms with E-state index in [1.807, 2.05) is 36.4 Å². The Morgan fingerprint density at radius 1 is 1.15 bits per heavy atom. The molecule has 0 unspecified atom stereocenters. The van der Waals surface area contributed by atoms with Crippen LogP contribution < -0.4 is 10.1 Å². The van der Waals surface area contributed by atoms with E-state index in [0.29, 0.717) is 6.54 Å². The second-order valence-electron chi connectivity index (χ2n) is 4.42. The first kappa shape index (κ1) is 13.3. The number of rotatable bonds is 4. The molecule has 3 aromatic rings. The molecule has 102 valence electrons. The molecule has 0 aliphatic rings. The predicted octanol–water partition coefficient (Wildman–Crippen LogP) is 4.66. The number of methoxy groups -OCH3 is 1. The fourth-order valence-corrected chi connectivity index (χ4v) is 2.70. The Hall–Kier alpha value is -1.69. The quantitative estimate of drug-likeness (QED) is 0.670. The van der Waals surface area contributed by atoms with Crippen LogP contribution in [0, 0.1) is 3.57 Å². The molecule has 1 N–H and O–H groups in total.